The Morgan fingerprint density at radius 3 is 1.24 bits per heavy atom. The van der Waals surface area contributed by atoms with Crippen LogP contribution in [0.4, 0.5) is 0 Å². The second-order valence-electron chi connectivity index (χ2n) is 9.29. The van der Waals surface area contributed by atoms with Gasteiger partial charge < -0.3 is 9.96 Å². The van der Waals surface area contributed by atoms with Gasteiger partial charge in [-0.25, -0.2) is 0 Å². The van der Waals surface area contributed by atoms with E-state index in [0.29, 0.717) is 0 Å². The highest BCUT2D eigenvalue weighted by molar-refractivity contribution is 6.85. The minimum atomic E-state index is -1.64. The van der Waals surface area contributed by atoms with Crippen LogP contribution >= 0.6 is 0 Å². The molecule has 0 aromatic heterocycles. The third-order valence-corrected chi connectivity index (χ3v) is 9.43. The molecule has 2 N–H and O–H groups in total. The van der Waals surface area contributed by atoms with Crippen molar-refractivity contribution in [2.24, 2.45) is 0 Å². The zero-order chi connectivity index (χ0) is 16.7. The molecule has 1 aliphatic carbocycles. The maximum Gasteiger partial charge on any atom is 0.160 e. The second-order valence-corrected chi connectivity index (χ2v) is 17.4. The van der Waals surface area contributed by atoms with Crippen LogP contribution in [0.5, 0.6) is 0 Å². The Bertz CT molecular complexity index is 452. The molecule has 21 heavy (non-hydrogen) atoms. The second kappa shape index (κ2) is 5.67. The summed E-state index contributed by atoms with van der Waals surface area (Å²) in [6.07, 6.45) is 4.58. The van der Waals surface area contributed by atoms with Crippen molar-refractivity contribution in [2.75, 3.05) is 0 Å². The first-order valence-corrected chi connectivity index (χ1v) is 13.9. The van der Waals surface area contributed by atoms with E-state index < -0.39 is 16.5 Å². The largest absolute Gasteiger partial charge is 0.329 e. The summed E-state index contributed by atoms with van der Waals surface area (Å²) in [5, 5.41) is 2.78. The molecule has 0 radical (unpaired) electrons. The minimum Gasteiger partial charge on any atom is -0.329 e. The highest BCUT2D eigenvalue weighted by Crippen LogP contribution is 2.26. The number of nitrogens with one attached hydrogen (secondary N) is 2. The van der Waals surface area contributed by atoms with Crippen LogP contribution in [-0.4, -0.2) is 27.5 Å². The fraction of sp³-hybridized carbons (Fsp3) is 0.706. The molecule has 0 fully saturated rings. The van der Waals surface area contributed by atoms with Gasteiger partial charge >= 0.3 is 0 Å². The lowest BCUT2D eigenvalue weighted by molar-refractivity contribution is 0.514. The quantitative estimate of drug-likeness (QED) is 0.596. The first-order valence-electron chi connectivity index (χ1n) is 7.91. The van der Waals surface area contributed by atoms with E-state index in [1.54, 1.807) is 0 Å². The summed E-state index contributed by atoms with van der Waals surface area (Å²) in [5.74, 6) is 0. The molecular formula is C17H34N2Si2. The first kappa shape index (κ1) is 18.7. The third-order valence-electron chi connectivity index (χ3n) is 3.41. The predicted octanol–water partition coefficient (Wildman–Crippen LogP) is 4.27. The van der Waals surface area contributed by atoms with Crippen molar-refractivity contribution < 1.29 is 0 Å². The van der Waals surface area contributed by atoms with E-state index in [9.17, 15) is 0 Å². The van der Waals surface area contributed by atoms with Crippen molar-refractivity contribution in [3.8, 4) is 0 Å². The molecule has 0 atom stereocenters. The highest BCUT2D eigenvalue weighted by atomic mass is 28.3. The van der Waals surface area contributed by atoms with Crippen LogP contribution in [0.1, 0.15) is 41.5 Å². The van der Waals surface area contributed by atoms with Crippen molar-refractivity contribution in [3.05, 3.63) is 28.3 Å². The summed E-state index contributed by atoms with van der Waals surface area (Å²) < 4.78 is 0. The van der Waals surface area contributed by atoms with Crippen molar-refractivity contribution in [1.82, 2.24) is 9.96 Å². The maximum atomic E-state index is 3.83. The van der Waals surface area contributed by atoms with Crippen molar-refractivity contribution >= 4 is 16.5 Å². The van der Waals surface area contributed by atoms with Crippen LogP contribution in [0, 0.1) is 0 Å². The van der Waals surface area contributed by atoms with Gasteiger partial charge in [0.15, 0.2) is 16.5 Å². The number of hydrogen-bond donors (Lipinski definition) is 2. The molecule has 0 aliphatic heterocycles. The van der Waals surface area contributed by atoms with Gasteiger partial charge in [0.25, 0.3) is 0 Å². The third kappa shape index (κ3) is 5.72. The van der Waals surface area contributed by atoms with Gasteiger partial charge in [-0.05, 0) is 51.9 Å². The van der Waals surface area contributed by atoms with Gasteiger partial charge in [0.05, 0.1) is 0 Å². The van der Waals surface area contributed by atoms with Gasteiger partial charge in [-0.2, -0.15) is 0 Å². The van der Waals surface area contributed by atoms with Gasteiger partial charge in [-0.1, -0.05) is 38.3 Å². The SMILES string of the molecule is CC(C)(C)N[Si](C)(C)C1=C=C([Si](C)(C)NC(C)(C)C)C=C1. The number of hydrogen-bond acceptors (Lipinski definition) is 2. The summed E-state index contributed by atoms with van der Waals surface area (Å²) in [5.41, 5.74) is 4.04. The molecule has 1 aliphatic rings. The average molecular weight is 323 g/mol. The van der Waals surface area contributed by atoms with Crippen LogP contribution in [0.2, 0.25) is 26.2 Å². The summed E-state index contributed by atoms with van der Waals surface area (Å²) in [6, 6.07) is 0. The van der Waals surface area contributed by atoms with E-state index in [1.165, 1.54) is 10.4 Å². The molecule has 0 aromatic rings. The van der Waals surface area contributed by atoms with Crippen molar-refractivity contribution in [2.45, 2.75) is 78.8 Å². The lowest BCUT2D eigenvalue weighted by Gasteiger charge is -2.33. The molecule has 0 heterocycles. The smallest absolute Gasteiger partial charge is 0.160 e. The van der Waals surface area contributed by atoms with Crippen molar-refractivity contribution in [1.29, 1.82) is 0 Å². The van der Waals surface area contributed by atoms with Gasteiger partial charge in [0.2, 0.25) is 0 Å². The Morgan fingerprint density at radius 1 is 0.714 bits per heavy atom. The van der Waals surface area contributed by atoms with E-state index in [1.807, 2.05) is 0 Å². The Balaban J connectivity index is 3.08. The number of allylic oxidation sites excluding steroid dienone is 3. The monoisotopic (exact) mass is 322 g/mol. The summed E-state index contributed by atoms with van der Waals surface area (Å²) >= 11 is 0. The van der Waals surface area contributed by atoms with Crippen LogP contribution in [0.3, 0.4) is 0 Å². The molecule has 0 saturated heterocycles. The molecule has 0 unspecified atom stereocenters. The van der Waals surface area contributed by atoms with Crippen LogP contribution in [0.25, 0.3) is 0 Å². The van der Waals surface area contributed by atoms with E-state index in [-0.39, 0.29) is 11.1 Å². The predicted molar refractivity (Wildman–Crippen MR) is 100 cm³/mol. The molecule has 1 rings (SSSR count). The lowest BCUT2D eigenvalue weighted by atomic mass is 10.1. The molecular weight excluding hydrogens is 288 g/mol. The van der Waals surface area contributed by atoms with E-state index in [0.717, 1.165) is 0 Å². The Labute approximate surface area is 134 Å². The molecule has 2 nitrogen and oxygen atoms in total. The van der Waals surface area contributed by atoms with Gasteiger partial charge in [0, 0.05) is 11.1 Å². The van der Waals surface area contributed by atoms with E-state index in [2.05, 4.69) is 95.6 Å². The maximum absolute atomic E-state index is 3.83. The summed E-state index contributed by atoms with van der Waals surface area (Å²) in [7, 11) is -3.29. The standard InChI is InChI=1S/C17H34N2Si2/c1-16(2,3)18-20(7,8)14-11-12-15(13-14)21(9,10)19-17(4,5)6/h11-12,18-19H,1-10H3. The molecule has 0 aromatic carbocycles. The zero-order valence-electron chi connectivity index (χ0n) is 15.7. The fourth-order valence-electron chi connectivity index (χ4n) is 3.13. The fourth-order valence-corrected chi connectivity index (χ4v) is 9.17. The minimum absolute atomic E-state index is 0.150. The first-order chi connectivity index (χ1) is 9.12. The topological polar surface area (TPSA) is 24.1 Å². The van der Waals surface area contributed by atoms with Crippen molar-refractivity contribution in [3.63, 3.8) is 0 Å². The lowest BCUT2D eigenvalue weighted by Crippen LogP contribution is -2.55. The Morgan fingerprint density at radius 2 is 1.00 bits per heavy atom. The van der Waals surface area contributed by atoms with Crippen LogP contribution in [-0.2, 0) is 0 Å². The van der Waals surface area contributed by atoms with Crippen LogP contribution < -0.4 is 9.96 Å². The normalized spacial score (nSPS) is 17.0. The average Bonchev–Trinajstić information content (AvgIpc) is 2.57. The molecule has 0 saturated carbocycles. The van der Waals surface area contributed by atoms with Gasteiger partial charge in [-0.3, -0.25) is 0 Å². The molecule has 0 spiro atoms. The number of rotatable bonds is 4. The Kier molecular flexibility index (Phi) is 5.04. The van der Waals surface area contributed by atoms with Gasteiger partial charge in [-0.15, -0.1) is 5.73 Å². The summed E-state index contributed by atoms with van der Waals surface area (Å²) in [4.78, 5) is 7.65. The molecule has 4 heteroatoms. The summed E-state index contributed by atoms with van der Waals surface area (Å²) in [6.45, 7) is 22.9. The van der Waals surface area contributed by atoms with Gasteiger partial charge in [0.1, 0.15) is 0 Å². The molecule has 120 valence electrons. The highest BCUT2D eigenvalue weighted by Gasteiger charge is 2.35. The van der Waals surface area contributed by atoms with E-state index in [4.69, 9.17) is 0 Å². The molecule has 0 bridgehead atoms. The Hall–Kier alpha value is -0.386. The molecule has 0 amide bonds. The zero-order valence-corrected chi connectivity index (χ0v) is 17.7. The van der Waals surface area contributed by atoms with Crippen LogP contribution in [0.15, 0.2) is 28.3 Å². The van der Waals surface area contributed by atoms with E-state index >= 15 is 0 Å².